The Morgan fingerprint density at radius 2 is 1.32 bits per heavy atom. The van der Waals surface area contributed by atoms with E-state index in [9.17, 15) is 13.0 Å². The average molecular weight is 319 g/mol. The van der Waals surface area contributed by atoms with Crippen LogP contribution < -0.4 is 4.57 Å². The third-order valence-electron chi connectivity index (χ3n) is 3.54. The zero-order valence-electron chi connectivity index (χ0n) is 12.6. The van der Waals surface area contributed by atoms with Crippen molar-refractivity contribution in [1.29, 1.82) is 0 Å². The maximum Gasteiger partial charge on any atom is 0.217 e. The van der Waals surface area contributed by atoms with Crippen LogP contribution in [0.15, 0.2) is 48.5 Å². The van der Waals surface area contributed by atoms with Gasteiger partial charge in [-0.25, -0.2) is 8.42 Å². The van der Waals surface area contributed by atoms with Crippen molar-refractivity contribution in [2.24, 2.45) is 7.05 Å². The minimum atomic E-state index is -4.41. The first kappa shape index (κ1) is 16.4. The van der Waals surface area contributed by atoms with Gasteiger partial charge in [-0.15, -0.1) is 0 Å². The van der Waals surface area contributed by atoms with E-state index in [-0.39, 0.29) is 0 Å². The van der Waals surface area contributed by atoms with Gasteiger partial charge in [0.2, 0.25) is 21.4 Å². The molecule has 5 nitrogen and oxygen atoms in total. The summed E-state index contributed by atoms with van der Waals surface area (Å²) in [6.07, 6.45) is 0. The number of nitrogens with zero attached hydrogens (tertiary/aromatic N) is 1. The molecular formula is C16H17NO4S. The summed E-state index contributed by atoms with van der Waals surface area (Å²) >= 11 is 0. The molecule has 0 amide bonds. The van der Waals surface area contributed by atoms with Crippen LogP contribution in [0.3, 0.4) is 0 Å². The van der Waals surface area contributed by atoms with E-state index in [0.717, 1.165) is 7.11 Å². The number of hydrogen-bond acceptors (Lipinski definition) is 4. The molecule has 0 fully saturated rings. The Labute approximate surface area is 129 Å². The number of benzene rings is 2. The lowest BCUT2D eigenvalue weighted by Crippen LogP contribution is -2.30. The standard InChI is InChI=1S/C15H14N.CH4O4S/c1-11-12-7-3-5-9-14(12)16(2)15-10-6-4-8-13(11)15;1-5-6(2,3)4/h3-10H,1-2H3;1H3,(H,2,3,4)/q+1;/p-1. The summed E-state index contributed by atoms with van der Waals surface area (Å²) in [6, 6.07) is 17.1. The van der Waals surface area contributed by atoms with Crippen molar-refractivity contribution in [1.82, 2.24) is 0 Å². The predicted molar refractivity (Wildman–Crippen MR) is 84.1 cm³/mol. The van der Waals surface area contributed by atoms with E-state index >= 15 is 0 Å². The first-order chi connectivity index (χ1) is 10.3. The van der Waals surface area contributed by atoms with Gasteiger partial charge >= 0.3 is 0 Å². The zero-order valence-corrected chi connectivity index (χ0v) is 13.4. The number of pyridine rings is 1. The average Bonchev–Trinajstić information content (AvgIpc) is 2.52. The number of aryl methyl sites for hydroxylation is 2. The molecule has 0 saturated carbocycles. The summed E-state index contributed by atoms with van der Waals surface area (Å²) in [6.45, 7) is 2.20. The van der Waals surface area contributed by atoms with Gasteiger partial charge in [0.15, 0.2) is 0 Å². The second kappa shape index (κ2) is 6.39. The molecule has 0 saturated heterocycles. The number of fused-ring (bicyclic) bond motifs is 2. The molecule has 0 N–H and O–H groups in total. The molecule has 2 aromatic carbocycles. The number of aromatic nitrogens is 1. The van der Waals surface area contributed by atoms with Crippen molar-refractivity contribution in [3.05, 3.63) is 54.1 Å². The monoisotopic (exact) mass is 319 g/mol. The summed E-state index contributed by atoms with van der Waals surface area (Å²) in [5.41, 5.74) is 3.95. The van der Waals surface area contributed by atoms with Crippen LogP contribution in [0.25, 0.3) is 21.8 Å². The third kappa shape index (κ3) is 3.41. The largest absolute Gasteiger partial charge is 0.726 e. The van der Waals surface area contributed by atoms with Gasteiger partial charge in [0.05, 0.1) is 7.11 Å². The number of hydrogen-bond donors (Lipinski definition) is 0. The molecule has 0 radical (unpaired) electrons. The summed E-state index contributed by atoms with van der Waals surface area (Å²) in [7, 11) is -1.48. The van der Waals surface area contributed by atoms with Crippen molar-refractivity contribution >= 4 is 32.2 Å². The van der Waals surface area contributed by atoms with Crippen LogP contribution in [-0.2, 0) is 21.6 Å². The lowest BCUT2D eigenvalue weighted by molar-refractivity contribution is -0.617. The molecule has 116 valence electrons. The minimum Gasteiger partial charge on any atom is -0.726 e. The molecule has 1 aromatic heterocycles. The molecule has 0 unspecified atom stereocenters. The van der Waals surface area contributed by atoms with Gasteiger partial charge < -0.3 is 4.55 Å². The molecule has 6 heteroatoms. The molecule has 3 rings (SSSR count). The normalized spacial score (nSPS) is 11.3. The highest BCUT2D eigenvalue weighted by atomic mass is 32.3. The highest BCUT2D eigenvalue weighted by molar-refractivity contribution is 7.80. The van der Waals surface area contributed by atoms with Gasteiger partial charge in [0, 0.05) is 22.9 Å². The van der Waals surface area contributed by atoms with E-state index < -0.39 is 10.4 Å². The van der Waals surface area contributed by atoms with Crippen molar-refractivity contribution < 1.29 is 21.7 Å². The lowest BCUT2D eigenvalue weighted by Gasteiger charge is -2.05. The van der Waals surface area contributed by atoms with Gasteiger partial charge in [-0.05, 0) is 24.6 Å². The van der Waals surface area contributed by atoms with Crippen LogP contribution in [0.2, 0.25) is 0 Å². The second-order valence-corrected chi connectivity index (χ2v) is 5.94. The molecule has 0 bridgehead atoms. The fourth-order valence-electron chi connectivity index (χ4n) is 2.44. The molecule has 1 heterocycles. The fourth-order valence-corrected chi connectivity index (χ4v) is 2.44. The third-order valence-corrected chi connectivity index (χ3v) is 3.95. The Kier molecular flexibility index (Phi) is 4.75. The molecule has 0 aliphatic carbocycles. The lowest BCUT2D eigenvalue weighted by atomic mass is 10.0. The SMILES string of the molecule is COS(=O)(=O)[O-].Cc1c2ccccc2[n+](C)c2ccccc12. The molecule has 3 aromatic rings. The topological polar surface area (TPSA) is 70.3 Å². The quantitative estimate of drug-likeness (QED) is 0.298. The Morgan fingerprint density at radius 3 is 1.68 bits per heavy atom. The Balaban J connectivity index is 0.000000254. The van der Waals surface area contributed by atoms with Crippen LogP contribution in [0.4, 0.5) is 0 Å². The number of rotatable bonds is 1. The van der Waals surface area contributed by atoms with E-state index in [2.05, 4.69) is 71.3 Å². The van der Waals surface area contributed by atoms with Crippen molar-refractivity contribution in [2.75, 3.05) is 7.11 Å². The minimum absolute atomic E-state index is 0.808. The van der Waals surface area contributed by atoms with Crippen molar-refractivity contribution in [3.8, 4) is 0 Å². The predicted octanol–water partition coefficient (Wildman–Crippen LogP) is 2.22. The van der Waals surface area contributed by atoms with Gasteiger partial charge in [-0.2, -0.15) is 4.57 Å². The highest BCUT2D eigenvalue weighted by Crippen LogP contribution is 2.22. The van der Waals surface area contributed by atoms with E-state index in [1.165, 1.54) is 27.4 Å². The van der Waals surface area contributed by atoms with Crippen LogP contribution in [0, 0.1) is 6.92 Å². The Hall–Kier alpha value is -2.02. The van der Waals surface area contributed by atoms with Crippen molar-refractivity contribution in [3.63, 3.8) is 0 Å². The maximum absolute atomic E-state index is 9.22. The van der Waals surface area contributed by atoms with Crippen LogP contribution in [0.5, 0.6) is 0 Å². The Bertz CT molecular complexity index is 803. The molecule has 22 heavy (non-hydrogen) atoms. The molecule has 0 aliphatic rings. The van der Waals surface area contributed by atoms with E-state index in [1.807, 2.05) is 0 Å². The van der Waals surface area contributed by atoms with Gasteiger partial charge in [0.1, 0.15) is 7.05 Å². The first-order valence-corrected chi connectivity index (χ1v) is 7.96. The van der Waals surface area contributed by atoms with Gasteiger partial charge in [-0.1, -0.05) is 24.3 Å². The number of para-hydroxylation sites is 2. The maximum atomic E-state index is 9.22. The zero-order chi connectivity index (χ0) is 16.3. The summed E-state index contributed by atoms with van der Waals surface area (Å²) in [4.78, 5) is 0. The molecular weight excluding hydrogens is 302 g/mol. The van der Waals surface area contributed by atoms with E-state index in [1.54, 1.807) is 0 Å². The van der Waals surface area contributed by atoms with E-state index in [0.29, 0.717) is 0 Å². The van der Waals surface area contributed by atoms with Gasteiger partial charge in [-0.3, -0.25) is 4.18 Å². The van der Waals surface area contributed by atoms with Crippen LogP contribution in [-0.4, -0.2) is 20.1 Å². The Morgan fingerprint density at radius 1 is 0.955 bits per heavy atom. The fraction of sp³-hybridized carbons (Fsp3) is 0.188. The van der Waals surface area contributed by atoms with E-state index in [4.69, 9.17) is 0 Å². The smallest absolute Gasteiger partial charge is 0.217 e. The summed E-state index contributed by atoms with van der Waals surface area (Å²) < 4.78 is 33.3. The highest BCUT2D eigenvalue weighted by Gasteiger charge is 2.13. The van der Waals surface area contributed by atoms with Gasteiger partial charge in [0.25, 0.3) is 0 Å². The summed E-state index contributed by atoms with van der Waals surface area (Å²) in [5.74, 6) is 0. The van der Waals surface area contributed by atoms with Crippen LogP contribution in [0.1, 0.15) is 5.56 Å². The van der Waals surface area contributed by atoms with Crippen molar-refractivity contribution in [2.45, 2.75) is 6.92 Å². The van der Waals surface area contributed by atoms with Crippen LogP contribution >= 0.6 is 0 Å². The molecule has 0 atom stereocenters. The molecule has 0 spiro atoms. The second-order valence-electron chi connectivity index (χ2n) is 4.79. The molecule has 0 aliphatic heterocycles. The summed E-state index contributed by atoms with van der Waals surface area (Å²) in [5, 5.41) is 2.67. The first-order valence-electron chi connectivity index (χ1n) is 6.62.